The number of hydrogen-bond donors (Lipinski definition) is 2. The van der Waals surface area contributed by atoms with Crippen LogP contribution in [0.5, 0.6) is 5.75 Å². The molecule has 2 N–H and O–H groups in total. The van der Waals surface area contributed by atoms with E-state index < -0.39 is 12.1 Å². The van der Waals surface area contributed by atoms with Gasteiger partial charge in [-0.1, -0.05) is 33.1 Å². The number of nitrogens with one attached hydrogen (secondary N) is 1. The Morgan fingerprint density at radius 3 is 2.48 bits per heavy atom. The Morgan fingerprint density at radius 1 is 1.15 bits per heavy atom. The SMILES string of the molecule is CC(C)CN(c1ccc(OC(C)C(=O)O)cc1NC(=O)Cc1cncnc1)C1CCCCC1. The number of aliphatic carboxylic acids is 1. The molecule has 1 atom stereocenters. The molecular formula is C25H34N4O4. The van der Waals surface area contributed by atoms with E-state index in [2.05, 4.69) is 34.0 Å². The number of carbonyl (C=O) groups excluding carboxylic acids is 1. The van der Waals surface area contributed by atoms with Gasteiger partial charge in [0, 0.05) is 31.0 Å². The molecule has 1 amide bonds. The number of anilines is 2. The van der Waals surface area contributed by atoms with Crippen molar-refractivity contribution in [3.05, 3.63) is 42.5 Å². The van der Waals surface area contributed by atoms with Crippen LogP contribution in [0.2, 0.25) is 0 Å². The number of carboxylic acid groups (broad SMARTS) is 1. The van der Waals surface area contributed by atoms with Crippen molar-refractivity contribution >= 4 is 23.3 Å². The summed E-state index contributed by atoms with van der Waals surface area (Å²) in [7, 11) is 0. The summed E-state index contributed by atoms with van der Waals surface area (Å²) in [4.78, 5) is 34.5. The number of hydrogen-bond acceptors (Lipinski definition) is 6. The Morgan fingerprint density at radius 2 is 1.85 bits per heavy atom. The highest BCUT2D eigenvalue weighted by molar-refractivity contribution is 5.96. The van der Waals surface area contributed by atoms with Gasteiger partial charge in [0.25, 0.3) is 0 Å². The van der Waals surface area contributed by atoms with E-state index in [1.54, 1.807) is 24.5 Å². The molecule has 1 unspecified atom stereocenters. The Balaban J connectivity index is 1.92. The summed E-state index contributed by atoms with van der Waals surface area (Å²) in [6.07, 6.45) is 9.72. The summed E-state index contributed by atoms with van der Waals surface area (Å²) in [5, 5.41) is 12.3. The maximum atomic E-state index is 12.9. The fourth-order valence-electron chi connectivity index (χ4n) is 4.22. The average molecular weight is 455 g/mol. The van der Waals surface area contributed by atoms with E-state index in [0.717, 1.165) is 30.6 Å². The van der Waals surface area contributed by atoms with Gasteiger partial charge < -0.3 is 20.1 Å². The molecule has 0 aliphatic heterocycles. The number of carbonyl (C=O) groups is 2. The van der Waals surface area contributed by atoms with Gasteiger partial charge in [-0.15, -0.1) is 0 Å². The van der Waals surface area contributed by atoms with Crippen LogP contribution in [0.1, 0.15) is 58.4 Å². The maximum Gasteiger partial charge on any atom is 0.344 e. The summed E-state index contributed by atoms with van der Waals surface area (Å²) >= 11 is 0. The minimum absolute atomic E-state index is 0.143. The van der Waals surface area contributed by atoms with Gasteiger partial charge in [0.1, 0.15) is 12.1 Å². The van der Waals surface area contributed by atoms with Gasteiger partial charge in [0.15, 0.2) is 6.10 Å². The zero-order chi connectivity index (χ0) is 23.8. The molecule has 3 rings (SSSR count). The molecule has 8 heteroatoms. The van der Waals surface area contributed by atoms with Gasteiger partial charge in [-0.05, 0) is 43.4 Å². The lowest BCUT2D eigenvalue weighted by molar-refractivity contribution is -0.144. The molecule has 1 heterocycles. The highest BCUT2D eigenvalue weighted by Gasteiger charge is 2.25. The molecule has 0 bridgehead atoms. The van der Waals surface area contributed by atoms with Crippen LogP contribution >= 0.6 is 0 Å². The fourth-order valence-corrected chi connectivity index (χ4v) is 4.22. The summed E-state index contributed by atoms with van der Waals surface area (Å²) in [5.74, 6) is -0.389. The van der Waals surface area contributed by atoms with Gasteiger partial charge in [0.05, 0.1) is 17.8 Å². The first-order valence-electron chi connectivity index (χ1n) is 11.7. The Hall–Kier alpha value is -3.16. The molecule has 8 nitrogen and oxygen atoms in total. The first-order chi connectivity index (χ1) is 15.8. The summed E-state index contributed by atoms with van der Waals surface area (Å²) in [5.41, 5.74) is 2.27. The quantitative estimate of drug-likeness (QED) is 0.551. The normalized spacial score (nSPS) is 15.2. The van der Waals surface area contributed by atoms with Gasteiger partial charge in [-0.2, -0.15) is 0 Å². The smallest absolute Gasteiger partial charge is 0.344 e. The maximum absolute atomic E-state index is 12.9. The average Bonchev–Trinajstić information content (AvgIpc) is 2.79. The standard InChI is InChI=1S/C25H34N4O4/c1-17(2)15-29(20-7-5-4-6-8-20)23-10-9-21(33-18(3)25(31)32)12-22(23)28-24(30)11-19-13-26-16-27-14-19/h9-10,12-14,16-18,20H,4-8,11,15H2,1-3H3,(H,28,30)(H,31,32). The number of benzene rings is 1. The predicted octanol–water partition coefficient (Wildman–Crippen LogP) is 4.30. The number of nitrogens with zero attached hydrogens (tertiary/aromatic N) is 3. The van der Waals surface area contributed by atoms with Crippen LogP contribution in [0.15, 0.2) is 36.9 Å². The number of amides is 1. The zero-order valence-corrected chi connectivity index (χ0v) is 19.7. The lowest BCUT2D eigenvalue weighted by Gasteiger charge is -2.38. The molecule has 1 aliphatic rings. The van der Waals surface area contributed by atoms with Crippen molar-refractivity contribution in [2.45, 2.75) is 71.4 Å². The molecular weight excluding hydrogens is 420 g/mol. The molecule has 1 saturated carbocycles. The first kappa shape index (κ1) is 24.5. The second-order valence-corrected chi connectivity index (χ2v) is 9.09. The van der Waals surface area contributed by atoms with Crippen molar-refractivity contribution in [1.29, 1.82) is 0 Å². The molecule has 0 saturated heterocycles. The second-order valence-electron chi connectivity index (χ2n) is 9.09. The van der Waals surface area contributed by atoms with Gasteiger partial charge in [0.2, 0.25) is 5.91 Å². The lowest BCUT2D eigenvalue weighted by atomic mass is 9.93. The number of ether oxygens (including phenoxy) is 1. The van der Waals surface area contributed by atoms with E-state index in [-0.39, 0.29) is 12.3 Å². The second kappa shape index (κ2) is 11.6. The van der Waals surface area contributed by atoms with Crippen LogP contribution in [-0.2, 0) is 16.0 Å². The van der Waals surface area contributed by atoms with Crippen molar-refractivity contribution in [2.75, 3.05) is 16.8 Å². The van der Waals surface area contributed by atoms with Crippen LogP contribution in [0, 0.1) is 5.92 Å². The number of carboxylic acids is 1. The largest absolute Gasteiger partial charge is 0.479 e. The van der Waals surface area contributed by atoms with Gasteiger partial charge in [-0.25, -0.2) is 14.8 Å². The molecule has 178 valence electrons. The molecule has 0 spiro atoms. The van der Waals surface area contributed by atoms with E-state index in [1.807, 2.05) is 6.07 Å². The summed E-state index contributed by atoms with van der Waals surface area (Å²) in [6.45, 7) is 6.73. The van der Waals surface area contributed by atoms with E-state index in [9.17, 15) is 14.7 Å². The first-order valence-corrected chi connectivity index (χ1v) is 11.7. The third-order valence-electron chi connectivity index (χ3n) is 5.77. The third kappa shape index (κ3) is 7.17. The minimum Gasteiger partial charge on any atom is -0.479 e. The van der Waals surface area contributed by atoms with Crippen molar-refractivity contribution in [1.82, 2.24) is 9.97 Å². The monoisotopic (exact) mass is 454 g/mol. The molecule has 33 heavy (non-hydrogen) atoms. The van der Waals surface area contributed by atoms with Crippen molar-refractivity contribution in [2.24, 2.45) is 5.92 Å². The van der Waals surface area contributed by atoms with Crippen molar-refractivity contribution in [3.63, 3.8) is 0 Å². The number of rotatable bonds is 10. The summed E-state index contributed by atoms with van der Waals surface area (Å²) < 4.78 is 5.59. The molecule has 1 aromatic carbocycles. The fraction of sp³-hybridized carbons (Fsp3) is 0.520. The Kier molecular flexibility index (Phi) is 8.63. The highest BCUT2D eigenvalue weighted by atomic mass is 16.5. The molecule has 2 aromatic rings. The zero-order valence-electron chi connectivity index (χ0n) is 19.7. The predicted molar refractivity (Wildman–Crippen MR) is 128 cm³/mol. The van der Waals surface area contributed by atoms with Crippen LogP contribution < -0.4 is 15.0 Å². The van der Waals surface area contributed by atoms with Crippen LogP contribution in [0.3, 0.4) is 0 Å². The van der Waals surface area contributed by atoms with Gasteiger partial charge >= 0.3 is 5.97 Å². The van der Waals surface area contributed by atoms with Crippen LogP contribution in [0.25, 0.3) is 0 Å². The van der Waals surface area contributed by atoms with Crippen molar-refractivity contribution in [3.8, 4) is 5.75 Å². The molecule has 0 radical (unpaired) electrons. The highest BCUT2D eigenvalue weighted by Crippen LogP contribution is 2.36. The number of aromatic nitrogens is 2. The van der Waals surface area contributed by atoms with Crippen LogP contribution in [-0.4, -0.2) is 45.6 Å². The topological polar surface area (TPSA) is 105 Å². The van der Waals surface area contributed by atoms with E-state index in [0.29, 0.717) is 23.4 Å². The van der Waals surface area contributed by atoms with E-state index >= 15 is 0 Å². The van der Waals surface area contributed by atoms with Gasteiger partial charge in [-0.3, -0.25) is 4.79 Å². The Bertz CT molecular complexity index is 929. The molecule has 1 fully saturated rings. The van der Waals surface area contributed by atoms with Crippen molar-refractivity contribution < 1.29 is 19.4 Å². The van der Waals surface area contributed by atoms with E-state index in [4.69, 9.17) is 4.74 Å². The minimum atomic E-state index is -1.04. The summed E-state index contributed by atoms with van der Waals surface area (Å²) in [6, 6.07) is 5.85. The third-order valence-corrected chi connectivity index (χ3v) is 5.77. The molecule has 1 aromatic heterocycles. The molecule has 1 aliphatic carbocycles. The lowest BCUT2D eigenvalue weighted by Crippen LogP contribution is -2.40. The van der Waals surface area contributed by atoms with Crippen LogP contribution in [0.4, 0.5) is 11.4 Å². The Labute approximate surface area is 195 Å². The van der Waals surface area contributed by atoms with E-state index in [1.165, 1.54) is 32.5 Å².